The molecule has 0 saturated carbocycles. The van der Waals surface area contributed by atoms with Gasteiger partial charge in [-0.1, -0.05) is 29.8 Å². The average molecular weight is 250 g/mol. The molecule has 1 heterocycles. The lowest BCUT2D eigenvalue weighted by Gasteiger charge is -1.96. The summed E-state index contributed by atoms with van der Waals surface area (Å²) < 4.78 is 0. The van der Waals surface area contributed by atoms with Crippen molar-refractivity contribution >= 4 is 16.8 Å². The lowest BCUT2D eigenvalue weighted by atomic mass is 10.1. The number of fused-ring (bicyclic) bond motifs is 1. The Kier molecular flexibility index (Phi) is 2.67. The van der Waals surface area contributed by atoms with Crippen LogP contribution in [0.1, 0.15) is 22.8 Å². The van der Waals surface area contributed by atoms with Gasteiger partial charge in [-0.05, 0) is 32.0 Å². The zero-order valence-corrected chi connectivity index (χ0v) is 10.9. The fraction of sp³-hybridized carbons (Fsp3) is 0.125. The quantitative estimate of drug-likeness (QED) is 0.704. The molecule has 3 heteroatoms. The first-order valence-corrected chi connectivity index (χ1v) is 6.21. The highest BCUT2D eigenvalue weighted by molar-refractivity contribution is 5.97. The summed E-state index contributed by atoms with van der Waals surface area (Å²) in [6.07, 6.45) is 0. The van der Waals surface area contributed by atoms with Crippen molar-refractivity contribution in [2.75, 3.05) is 0 Å². The second kappa shape index (κ2) is 4.35. The van der Waals surface area contributed by atoms with Crippen LogP contribution in [0.25, 0.3) is 22.4 Å². The summed E-state index contributed by atoms with van der Waals surface area (Å²) in [5, 5.41) is 0. The molecule has 0 aliphatic rings. The van der Waals surface area contributed by atoms with Gasteiger partial charge in [-0.3, -0.25) is 4.79 Å². The second-order valence-electron chi connectivity index (χ2n) is 4.74. The third-order valence-electron chi connectivity index (χ3n) is 3.21. The molecule has 0 unspecified atom stereocenters. The molecule has 19 heavy (non-hydrogen) atoms. The molecule has 0 aliphatic carbocycles. The molecule has 3 aromatic rings. The predicted octanol–water partition coefficient (Wildman–Crippen LogP) is 3.74. The maximum absolute atomic E-state index is 11.4. The molecular formula is C16H14N2O. The van der Waals surface area contributed by atoms with Crippen LogP contribution in [0.4, 0.5) is 0 Å². The Morgan fingerprint density at radius 2 is 1.84 bits per heavy atom. The van der Waals surface area contributed by atoms with Crippen LogP contribution in [0.3, 0.4) is 0 Å². The van der Waals surface area contributed by atoms with Crippen molar-refractivity contribution in [2.24, 2.45) is 0 Å². The Labute approximate surface area is 111 Å². The molecule has 0 spiro atoms. The molecule has 0 atom stereocenters. The normalized spacial score (nSPS) is 10.8. The number of carbonyl (C=O) groups is 1. The van der Waals surface area contributed by atoms with E-state index in [0.29, 0.717) is 5.56 Å². The van der Waals surface area contributed by atoms with Crippen LogP contribution in [0, 0.1) is 6.92 Å². The number of aromatic amines is 1. The van der Waals surface area contributed by atoms with Gasteiger partial charge in [-0.2, -0.15) is 0 Å². The zero-order valence-electron chi connectivity index (χ0n) is 10.9. The number of nitrogens with zero attached hydrogens (tertiary/aromatic N) is 1. The molecule has 0 fully saturated rings. The molecule has 0 saturated heterocycles. The lowest BCUT2D eigenvalue weighted by Crippen LogP contribution is -1.90. The van der Waals surface area contributed by atoms with E-state index in [2.05, 4.69) is 29.0 Å². The number of benzene rings is 2. The number of aromatic nitrogens is 2. The van der Waals surface area contributed by atoms with Crippen LogP contribution in [0.2, 0.25) is 0 Å². The summed E-state index contributed by atoms with van der Waals surface area (Å²) >= 11 is 0. The number of aryl methyl sites for hydroxylation is 1. The third kappa shape index (κ3) is 2.15. The van der Waals surface area contributed by atoms with Crippen LogP contribution >= 0.6 is 0 Å². The Hall–Kier alpha value is -2.42. The van der Waals surface area contributed by atoms with Gasteiger partial charge >= 0.3 is 0 Å². The van der Waals surface area contributed by atoms with Crippen molar-refractivity contribution in [3.8, 4) is 11.4 Å². The molecule has 3 nitrogen and oxygen atoms in total. The van der Waals surface area contributed by atoms with Gasteiger partial charge in [0, 0.05) is 11.1 Å². The van der Waals surface area contributed by atoms with Crippen LogP contribution in [0.5, 0.6) is 0 Å². The largest absolute Gasteiger partial charge is 0.338 e. The standard InChI is InChI=1S/C16H14N2O/c1-10-3-5-12(6-4-10)16-17-14-8-7-13(11(2)19)9-15(14)18-16/h3-9H,1-2H3,(H,17,18). The number of rotatable bonds is 2. The van der Waals surface area contributed by atoms with Crippen molar-refractivity contribution < 1.29 is 4.79 Å². The Bertz CT molecular complexity index is 754. The fourth-order valence-corrected chi connectivity index (χ4v) is 2.08. The van der Waals surface area contributed by atoms with Crippen LogP contribution in [-0.4, -0.2) is 15.8 Å². The minimum Gasteiger partial charge on any atom is -0.338 e. The number of nitrogens with one attached hydrogen (secondary N) is 1. The van der Waals surface area contributed by atoms with E-state index >= 15 is 0 Å². The van der Waals surface area contributed by atoms with Gasteiger partial charge < -0.3 is 4.98 Å². The topological polar surface area (TPSA) is 45.8 Å². The minimum absolute atomic E-state index is 0.0633. The molecular weight excluding hydrogens is 236 g/mol. The van der Waals surface area contributed by atoms with Crippen molar-refractivity contribution in [2.45, 2.75) is 13.8 Å². The van der Waals surface area contributed by atoms with Crippen LogP contribution in [-0.2, 0) is 0 Å². The van der Waals surface area contributed by atoms with Crippen LogP contribution < -0.4 is 0 Å². The molecule has 0 amide bonds. The number of ketones is 1. The zero-order chi connectivity index (χ0) is 13.4. The fourth-order valence-electron chi connectivity index (χ4n) is 2.08. The van der Waals surface area contributed by atoms with E-state index in [1.807, 2.05) is 30.3 Å². The maximum atomic E-state index is 11.4. The monoisotopic (exact) mass is 250 g/mol. The smallest absolute Gasteiger partial charge is 0.159 e. The van der Waals surface area contributed by atoms with Gasteiger partial charge in [0.25, 0.3) is 0 Å². The second-order valence-corrected chi connectivity index (χ2v) is 4.74. The maximum Gasteiger partial charge on any atom is 0.159 e. The van der Waals surface area contributed by atoms with Gasteiger partial charge in [-0.25, -0.2) is 4.98 Å². The van der Waals surface area contributed by atoms with E-state index in [-0.39, 0.29) is 5.78 Å². The highest BCUT2D eigenvalue weighted by atomic mass is 16.1. The number of hydrogen-bond acceptors (Lipinski definition) is 2. The number of carbonyl (C=O) groups excluding carboxylic acids is 1. The first kappa shape index (κ1) is 11.7. The van der Waals surface area contributed by atoms with Gasteiger partial charge in [0.2, 0.25) is 0 Å². The molecule has 0 aliphatic heterocycles. The number of hydrogen-bond donors (Lipinski definition) is 1. The van der Waals surface area contributed by atoms with E-state index in [1.165, 1.54) is 5.56 Å². The van der Waals surface area contributed by atoms with E-state index < -0.39 is 0 Å². The number of imidazole rings is 1. The van der Waals surface area contributed by atoms with Crippen molar-refractivity contribution in [1.29, 1.82) is 0 Å². The van der Waals surface area contributed by atoms with E-state index in [9.17, 15) is 4.79 Å². The number of Topliss-reactive ketones (excluding diaryl/α,β-unsaturated/α-hetero) is 1. The molecule has 94 valence electrons. The summed E-state index contributed by atoms with van der Waals surface area (Å²) in [6, 6.07) is 13.7. The first-order valence-electron chi connectivity index (χ1n) is 6.21. The third-order valence-corrected chi connectivity index (χ3v) is 3.21. The van der Waals surface area contributed by atoms with E-state index in [1.54, 1.807) is 6.92 Å². The first-order chi connectivity index (χ1) is 9.13. The Balaban J connectivity index is 2.11. The van der Waals surface area contributed by atoms with Crippen molar-refractivity contribution in [3.05, 3.63) is 53.6 Å². The highest BCUT2D eigenvalue weighted by Crippen LogP contribution is 2.21. The summed E-state index contributed by atoms with van der Waals surface area (Å²) in [4.78, 5) is 19.2. The molecule has 3 rings (SSSR count). The summed E-state index contributed by atoms with van der Waals surface area (Å²) in [6.45, 7) is 3.62. The Morgan fingerprint density at radius 3 is 2.53 bits per heavy atom. The minimum atomic E-state index is 0.0633. The SMILES string of the molecule is CC(=O)c1ccc2nc(-c3ccc(C)cc3)[nH]c2c1. The molecule has 2 aromatic carbocycles. The lowest BCUT2D eigenvalue weighted by molar-refractivity contribution is 0.101. The van der Waals surface area contributed by atoms with E-state index in [4.69, 9.17) is 0 Å². The molecule has 1 N–H and O–H groups in total. The highest BCUT2D eigenvalue weighted by Gasteiger charge is 2.07. The predicted molar refractivity (Wildman–Crippen MR) is 76.3 cm³/mol. The van der Waals surface area contributed by atoms with Crippen molar-refractivity contribution in [3.63, 3.8) is 0 Å². The summed E-state index contributed by atoms with van der Waals surface area (Å²) in [5.41, 5.74) is 4.74. The van der Waals surface area contributed by atoms with Gasteiger partial charge in [0.15, 0.2) is 5.78 Å². The van der Waals surface area contributed by atoms with Gasteiger partial charge in [0.1, 0.15) is 5.82 Å². The Morgan fingerprint density at radius 1 is 1.11 bits per heavy atom. The molecule has 0 radical (unpaired) electrons. The summed E-state index contributed by atoms with van der Waals surface area (Å²) in [5.74, 6) is 0.893. The molecule has 0 bridgehead atoms. The number of H-pyrrole nitrogens is 1. The van der Waals surface area contributed by atoms with Gasteiger partial charge in [-0.15, -0.1) is 0 Å². The van der Waals surface area contributed by atoms with Crippen LogP contribution in [0.15, 0.2) is 42.5 Å². The van der Waals surface area contributed by atoms with Gasteiger partial charge in [0.05, 0.1) is 11.0 Å². The average Bonchev–Trinajstić information content (AvgIpc) is 2.82. The summed E-state index contributed by atoms with van der Waals surface area (Å²) in [7, 11) is 0. The van der Waals surface area contributed by atoms with Crippen molar-refractivity contribution in [1.82, 2.24) is 9.97 Å². The molecule has 1 aromatic heterocycles. The van der Waals surface area contributed by atoms with E-state index in [0.717, 1.165) is 22.4 Å².